The van der Waals surface area contributed by atoms with E-state index in [0.717, 1.165) is 19.3 Å². The largest absolute Gasteiger partial charge is 0.393 e. The highest BCUT2D eigenvalue weighted by atomic mass is 16.3. The second-order valence-corrected chi connectivity index (χ2v) is 6.63. The number of carbonyl (C=O) groups is 2. The summed E-state index contributed by atoms with van der Waals surface area (Å²) in [7, 11) is 0. The van der Waals surface area contributed by atoms with Crippen molar-refractivity contribution < 1.29 is 30.0 Å². The Morgan fingerprint density at radius 2 is 1.32 bits per heavy atom. The summed E-state index contributed by atoms with van der Waals surface area (Å²) in [5, 5.41) is 37.6. The molecule has 0 fully saturated rings. The predicted octanol–water partition coefficient (Wildman–Crippen LogP) is 0.448. The van der Waals surface area contributed by atoms with E-state index in [1.807, 2.05) is 0 Å². The summed E-state index contributed by atoms with van der Waals surface area (Å²) >= 11 is 0. The fraction of sp³-hybridized carbons (Fsp3) is 0.889. The average molecular weight is 361 g/mol. The lowest BCUT2D eigenvalue weighted by Gasteiger charge is -2.23. The van der Waals surface area contributed by atoms with Crippen molar-refractivity contribution in [3.8, 4) is 0 Å². The number of unbranched alkanes of at least 4 members (excludes halogenated alkanes) is 8. The molecule has 0 aromatic rings. The van der Waals surface area contributed by atoms with E-state index in [2.05, 4.69) is 6.92 Å². The van der Waals surface area contributed by atoms with Crippen LogP contribution in [0.2, 0.25) is 0 Å². The van der Waals surface area contributed by atoms with Crippen molar-refractivity contribution in [1.82, 2.24) is 0 Å². The second kappa shape index (κ2) is 14.3. The summed E-state index contributed by atoms with van der Waals surface area (Å²) in [4.78, 5) is 23.1. The van der Waals surface area contributed by atoms with Gasteiger partial charge in [-0.15, -0.1) is 0 Å². The van der Waals surface area contributed by atoms with Gasteiger partial charge >= 0.3 is 0 Å². The van der Waals surface area contributed by atoms with Crippen molar-refractivity contribution in [3.05, 3.63) is 0 Å². The first kappa shape index (κ1) is 24.1. The molecule has 0 saturated heterocycles. The van der Waals surface area contributed by atoms with Crippen molar-refractivity contribution in [2.45, 2.75) is 95.5 Å². The third kappa shape index (κ3) is 10.0. The lowest BCUT2D eigenvalue weighted by molar-refractivity contribution is -0.145. The molecule has 0 saturated carbocycles. The third-order valence-electron chi connectivity index (χ3n) is 4.39. The lowest BCUT2D eigenvalue weighted by atomic mass is 9.94. The molecule has 0 heterocycles. The van der Waals surface area contributed by atoms with Gasteiger partial charge in [0.2, 0.25) is 11.6 Å². The number of carbonyl (C=O) groups excluding carboxylic acids is 2. The minimum Gasteiger partial charge on any atom is -0.393 e. The van der Waals surface area contributed by atoms with Crippen molar-refractivity contribution >= 4 is 11.6 Å². The summed E-state index contributed by atoms with van der Waals surface area (Å²) in [6.45, 7) is 1.29. The molecule has 0 aromatic heterocycles. The lowest BCUT2D eigenvalue weighted by Crippen LogP contribution is -2.52. The zero-order chi connectivity index (χ0) is 19.2. The van der Waals surface area contributed by atoms with Crippen LogP contribution < -0.4 is 5.73 Å². The summed E-state index contributed by atoms with van der Waals surface area (Å²) in [5.74, 6) is -2.45. The van der Waals surface area contributed by atoms with Gasteiger partial charge in [-0.05, 0) is 6.42 Å². The molecule has 6 N–H and O–H groups in total. The number of Topliss-reactive ketones (excluding diaryl/α,β-unsaturated/α-hetero) is 2. The van der Waals surface area contributed by atoms with Crippen LogP contribution in [-0.4, -0.2) is 63.0 Å². The summed E-state index contributed by atoms with van der Waals surface area (Å²) in [6.07, 6.45) is 5.72. The van der Waals surface area contributed by atoms with E-state index in [1.54, 1.807) is 0 Å². The molecule has 0 radical (unpaired) electrons. The zero-order valence-electron chi connectivity index (χ0n) is 15.3. The standard InChI is InChI=1S/C18H35NO6/c1-2-3-4-5-6-7-8-9-10-11-13(21)16(23)15(19)18(25)17(24)14(22)12-20/h13-16,20-23H,2-12,19H2,1H3/t13?,14-,15+,16?/m1/s1. The summed E-state index contributed by atoms with van der Waals surface area (Å²) in [5.41, 5.74) is 5.49. The minimum absolute atomic E-state index is 0.286. The number of rotatable bonds is 16. The van der Waals surface area contributed by atoms with Gasteiger partial charge in [-0.3, -0.25) is 9.59 Å². The predicted molar refractivity (Wildman–Crippen MR) is 94.9 cm³/mol. The van der Waals surface area contributed by atoms with E-state index < -0.39 is 42.5 Å². The van der Waals surface area contributed by atoms with Crippen molar-refractivity contribution in [2.75, 3.05) is 6.61 Å². The van der Waals surface area contributed by atoms with Crippen LogP contribution >= 0.6 is 0 Å². The van der Waals surface area contributed by atoms with Crippen molar-refractivity contribution in [3.63, 3.8) is 0 Å². The molecule has 0 bridgehead atoms. The van der Waals surface area contributed by atoms with Crippen LogP contribution in [0.4, 0.5) is 0 Å². The molecule has 0 aliphatic heterocycles. The molecule has 0 spiro atoms. The smallest absolute Gasteiger partial charge is 0.230 e. The molecule has 2 unspecified atom stereocenters. The Hall–Kier alpha value is -0.860. The van der Waals surface area contributed by atoms with Gasteiger partial charge in [0.1, 0.15) is 18.2 Å². The van der Waals surface area contributed by atoms with E-state index in [9.17, 15) is 19.8 Å². The highest BCUT2D eigenvalue weighted by molar-refractivity contribution is 6.40. The van der Waals surface area contributed by atoms with Gasteiger partial charge in [-0.25, -0.2) is 0 Å². The Morgan fingerprint density at radius 1 is 0.840 bits per heavy atom. The Morgan fingerprint density at radius 3 is 1.80 bits per heavy atom. The van der Waals surface area contributed by atoms with Crippen molar-refractivity contribution in [1.29, 1.82) is 0 Å². The van der Waals surface area contributed by atoms with Gasteiger partial charge in [-0.1, -0.05) is 64.7 Å². The van der Waals surface area contributed by atoms with Crippen LogP contribution in [0.3, 0.4) is 0 Å². The Balaban J connectivity index is 3.96. The fourth-order valence-corrected chi connectivity index (χ4v) is 2.64. The first-order valence-electron chi connectivity index (χ1n) is 9.35. The number of hydrogen-bond donors (Lipinski definition) is 5. The average Bonchev–Trinajstić information content (AvgIpc) is 2.63. The quantitative estimate of drug-likeness (QED) is 0.198. The third-order valence-corrected chi connectivity index (χ3v) is 4.39. The Labute approximate surface area is 150 Å². The minimum atomic E-state index is -1.85. The van der Waals surface area contributed by atoms with Gasteiger partial charge in [0.25, 0.3) is 0 Å². The monoisotopic (exact) mass is 361 g/mol. The number of nitrogens with two attached hydrogens (primary N) is 1. The molecule has 0 rings (SSSR count). The second-order valence-electron chi connectivity index (χ2n) is 6.63. The molecular formula is C18H35NO6. The number of aliphatic hydroxyl groups is 4. The van der Waals surface area contributed by atoms with Crippen LogP contribution in [-0.2, 0) is 9.59 Å². The molecule has 0 aliphatic rings. The molecule has 7 heteroatoms. The van der Waals surface area contributed by atoms with E-state index in [4.69, 9.17) is 15.9 Å². The van der Waals surface area contributed by atoms with Gasteiger partial charge in [0, 0.05) is 0 Å². The van der Waals surface area contributed by atoms with E-state index in [1.165, 1.54) is 32.1 Å². The number of aliphatic hydroxyl groups excluding tert-OH is 4. The number of ketones is 2. The van der Waals surface area contributed by atoms with Gasteiger partial charge in [0.05, 0.1) is 12.7 Å². The van der Waals surface area contributed by atoms with E-state index >= 15 is 0 Å². The molecule has 4 atom stereocenters. The maximum absolute atomic E-state index is 11.7. The highest BCUT2D eigenvalue weighted by Crippen LogP contribution is 2.13. The van der Waals surface area contributed by atoms with Crippen LogP contribution in [0.5, 0.6) is 0 Å². The van der Waals surface area contributed by atoms with Crippen LogP contribution in [0.25, 0.3) is 0 Å². The first-order valence-corrected chi connectivity index (χ1v) is 9.35. The molecule has 148 valence electrons. The molecule has 0 aromatic carbocycles. The van der Waals surface area contributed by atoms with Crippen molar-refractivity contribution in [2.24, 2.45) is 5.73 Å². The molecular weight excluding hydrogens is 326 g/mol. The summed E-state index contributed by atoms with van der Waals surface area (Å²) in [6, 6.07) is -1.61. The summed E-state index contributed by atoms with van der Waals surface area (Å²) < 4.78 is 0. The number of hydrogen-bond acceptors (Lipinski definition) is 7. The van der Waals surface area contributed by atoms with E-state index in [-0.39, 0.29) is 6.42 Å². The molecule has 25 heavy (non-hydrogen) atoms. The van der Waals surface area contributed by atoms with Gasteiger partial charge in [0.15, 0.2) is 0 Å². The maximum Gasteiger partial charge on any atom is 0.230 e. The Kier molecular flexibility index (Phi) is 13.8. The van der Waals surface area contributed by atoms with Crippen LogP contribution in [0, 0.1) is 0 Å². The normalized spacial score (nSPS) is 16.2. The SMILES string of the molecule is CCCCCCCCCCCC(O)C(O)[C@H](N)C(=O)C(=O)[C@H](O)CO. The Bertz CT molecular complexity index is 377. The first-order chi connectivity index (χ1) is 11.9. The van der Waals surface area contributed by atoms with E-state index in [0.29, 0.717) is 6.42 Å². The van der Waals surface area contributed by atoms with Crippen LogP contribution in [0.1, 0.15) is 71.1 Å². The van der Waals surface area contributed by atoms with Gasteiger partial charge < -0.3 is 26.2 Å². The zero-order valence-corrected chi connectivity index (χ0v) is 15.3. The molecule has 0 amide bonds. The molecule has 7 nitrogen and oxygen atoms in total. The molecule has 0 aliphatic carbocycles. The topological polar surface area (TPSA) is 141 Å². The van der Waals surface area contributed by atoms with Crippen LogP contribution in [0.15, 0.2) is 0 Å². The van der Waals surface area contributed by atoms with Gasteiger partial charge in [-0.2, -0.15) is 0 Å². The maximum atomic E-state index is 11.7. The fourth-order valence-electron chi connectivity index (χ4n) is 2.64. The highest BCUT2D eigenvalue weighted by Gasteiger charge is 2.34.